The Hall–Kier alpha value is -0.930. The van der Waals surface area contributed by atoms with Crippen LogP contribution in [0.4, 0.5) is 4.39 Å². The van der Waals surface area contributed by atoms with Crippen molar-refractivity contribution in [2.75, 3.05) is 6.54 Å². The molecule has 3 rings (SSSR count). The SMILES string of the molecule is O[C@H]1CCCN(C2CCCC2)[C@H]1Cc1cccc(F)c1. The van der Waals surface area contributed by atoms with Crippen LogP contribution in [-0.2, 0) is 6.42 Å². The third-order valence-corrected chi connectivity index (χ3v) is 4.91. The lowest BCUT2D eigenvalue weighted by Gasteiger charge is -2.43. The van der Waals surface area contributed by atoms with Crippen molar-refractivity contribution in [1.29, 1.82) is 0 Å². The van der Waals surface area contributed by atoms with Gasteiger partial charge in [0.05, 0.1) is 6.10 Å². The van der Waals surface area contributed by atoms with E-state index >= 15 is 0 Å². The zero-order valence-corrected chi connectivity index (χ0v) is 12.0. The minimum Gasteiger partial charge on any atom is -0.391 e. The zero-order chi connectivity index (χ0) is 13.9. The van der Waals surface area contributed by atoms with E-state index in [0.717, 1.165) is 31.4 Å². The van der Waals surface area contributed by atoms with Gasteiger partial charge in [-0.15, -0.1) is 0 Å². The maximum atomic E-state index is 13.3. The maximum Gasteiger partial charge on any atom is 0.123 e. The Morgan fingerprint density at radius 3 is 2.70 bits per heavy atom. The van der Waals surface area contributed by atoms with Crippen LogP contribution in [0.25, 0.3) is 0 Å². The van der Waals surface area contributed by atoms with Gasteiger partial charge < -0.3 is 5.11 Å². The van der Waals surface area contributed by atoms with E-state index in [2.05, 4.69) is 4.90 Å². The highest BCUT2D eigenvalue weighted by molar-refractivity contribution is 5.18. The molecule has 1 aromatic carbocycles. The fourth-order valence-electron chi connectivity index (χ4n) is 3.91. The number of aliphatic hydroxyl groups excluding tert-OH is 1. The highest BCUT2D eigenvalue weighted by atomic mass is 19.1. The number of piperidine rings is 1. The fraction of sp³-hybridized carbons (Fsp3) is 0.647. The van der Waals surface area contributed by atoms with Crippen LogP contribution in [0, 0.1) is 5.82 Å². The molecule has 1 heterocycles. The van der Waals surface area contributed by atoms with Gasteiger partial charge in [-0.1, -0.05) is 25.0 Å². The van der Waals surface area contributed by atoms with Crippen LogP contribution in [0.2, 0.25) is 0 Å². The summed E-state index contributed by atoms with van der Waals surface area (Å²) in [4.78, 5) is 2.51. The zero-order valence-electron chi connectivity index (χ0n) is 12.0. The smallest absolute Gasteiger partial charge is 0.123 e. The first-order valence-corrected chi connectivity index (χ1v) is 7.92. The summed E-state index contributed by atoms with van der Waals surface area (Å²) >= 11 is 0. The molecule has 1 saturated carbocycles. The fourth-order valence-corrected chi connectivity index (χ4v) is 3.91. The summed E-state index contributed by atoms with van der Waals surface area (Å²) in [5, 5.41) is 10.4. The van der Waals surface area contributed by atoms with Gasteiger partial charge in [-0.05, 0) is 56.3 Å². The monoisotopic (exact) mass is 277 g/mol. The van der Waals surface area contributed by atoms with Gasteiger partial charge in [0.15, 0.2) is 0 Å². The molecule has 1 aliphatic heterocycles. The van der Waals surface area contributed by atoms with E-state index in [1.54, 1.807) is 12.1 Å². The number of aliphatic hydroxyl groups is 1. The molecule has 0 radical (unpaired) electrons. The number of rotatable bonds is 3. The van der Waals surface area contributed by atoms with Crippen LogP contribution in [-0.4, -0.2) is 34.7 Å². The summed E-state index contributed by atoms with van der Waals surface area (Å²) in [6.45, 7) is 1.09. The van der Waals surface area contributed by atoms with E-state index in [0.29, 0.717) is 6.04 Å². The van der Waals surface area contributed by atoms with Crippen LogP contribution in [0.3, 0.4) is 0 Å². The summed E-state index contributed by atoms with van der Waals surface area (Å²) in [6, 6.07) is 7.61. The number of nitrogens with zero attached hydrogens (tertiary/aromatic N) is 1. The second-order valence-corrected chi connectivity index (χ2v) is 6.29. The van der Waals surface area contributed by atoms with Crippen molar-refractivity contribution < 1.29 is 9.50 Å². The quantitative estimate of drug-likeness (QED) is 0.917. The molecular formula is C17H24FNO. The van der Waals surface area contributed by atoms with E-state index in [9.17, 15) is 9.50 Å². The molecule has 2 nitrogen and oxygen atoms in total. The molecule has 1 N–H and O–H groups in total. The van der Waals surface area contributed by atoms with Crippen molar-refractivity contribution in [3.8, 4) is 0 Å². The predicted molar refractivity (Wildman–Crippen MR) is 78.1 cm³/mol. The molecule has 0 unspecified atom stereocenters. The molecule has 110 valence electrons. The Labute approximate surface area is 120 Å². The Kier molecular flexibility index (Phi) is 4.37. The van der Waals surface area contributed by atoms with Gasteiger partial charge in [-0.25, -0.2) is 4.39 Å². The Bertz CT molecular complexity index is 444. The Morgan fingerprint density at radius 2 is 1.95 bits per heavy atom. The third-order valence-electron chi connectivity index (χ3n) is 4.91. The lowest BCUT2D eigenvalue weighted by molar-refractivity contribution is -0.0108. The summed E-state index contributed by atoms with van der Waals surface area (Å²) in [5.41, 5.74) is 0.999. The summed E-state index contributed by atoms with van der Waals surface area (Å²) in [6.07, 6.45) is 7.58. The predicted octanol–water partition coefficient (Wildman–Crippen LogP) is 3.14. The number of hydrogen-bond donors (Lipinski definition) is 1. The Morgan fingerprint density at radius 1 is 1.15 bits per heavy atom. The molecule has 1 aromatic rings. The van der Waals surface area contributed by atoms with E-state index in [-0.39, 0.29) is 18.0 Å². The molecule has 0 amide bonds. The molecule has 2 fully saturated rings. The Balaban J connectivity index is 1.75. The van der Waals surface area contributed by atoms with Gasteiger partial charge in [0.1, 0.15) is 5.82 Å². The average molecular weight is 277 g/mol. The van der Waals surface area contributed by atoms with Crippen molar-refractivity contribution >= 4 is 0 Å². The van der Waals surface area contributed by atoms with Crippen LogP contribution >= 0.6 is 0 Å². The van der Waals surface area contributed by atoms with Gasteiger partial charge in [0, 0.05) is 12.1 Å². The van der Waals surface area contributed by atoms with Crippen molar-refractivity contribution in [1.82, 2.24) is 4.90 Å². The lowest BCUT2D eigenvalue weighted by Crippen LogP contribution is -2.53. The van der Waals surface area contributed by atoms with E-state index < -0.39 is 0 Å². The van der Waals surface area contributed by atoms with E-state index in [1.165, 1.54) is 31.7 Å². The number of likely N-dealkylation sites (tertiary alicyclic amines) is 1. The van der Waals surface area contributed by atoms with Gasteiger partial charge in [0.25, 0.3) is 0 Å². The standard InChI is InChI=1S/C17H24FNO/c18-14-6-3-5-13(11-14)12-16-17(20)9-4-10-19(16)15-7-1-2-8-15/h3,5-6,11,15-17,20H,1-2,4,7-10,12H2/t16-,17-/m0/s1. The molecule has 3 heteroatoms. The number of halogens is 1. The molecule has 0 aromatic heterocycles. The van der Waals surface area contributed by atoms with Gasteiger partial charge >= 0.3 is 0 Å². The highest BCUT2D eigenvalue weighted by Gasteiger charge is 2.35. The molecule has 2 atom stereocenters. The summed E-state index contributed by atoms with van der Waals surface area (Å²) in [7, 11) is 0. The first-order valence-electron chi connectivity index (χ1n) is 7.92. The molecule has 20 heavy (non-hydrogen) atoms. The summed E-state index contributed by atoms with van der Waals surface area (Å²) < 4.78 is 13.3. The second kappa shape index (κ2) is 6.23. The molecular weight excluding hydrogens is 253 g/mol. The number of hydrogen-bond acceptors (Lipinski definition) is 2. The second-order valence-electron chi connectivity index (χ2n) is 6.29. The van der Waals surface area contributed by atoms with Gasteiger partial charge in [-0.3, -0.25) is 4.90 Å². The first-order chi connectivity index (χ1) is 9.74. The normalized spacial score (nSPS) is 28.9. The van der Waals surface area contributed by atoms with Crippen molar-refractivity contribution in [3.05, 3.63) is 35.6 Å². The third kappa shape index (κ3) is 3.04. The minimum atomic E-state index is -0.271. The summed E-state index contributed by atoms with van der Waals surface area (Å²) in [5.74, 6) is -0.180. The van der Waals surface area contributed by atoms with Gasteiger partial charge in [-0.2, -0.15) is 0 Å². The average Bonchev–Trinajstić information content (AvgIpc) is 2.95. The van der Waals surface area contributed by atoms with Crippen LogP contribution in [0.1, 0.15) is 44.1 Å². The highest BCUT2D eigenvalue weighted by Crippen LogP contribution is 2.31. The lowest BCUT2D eigenvalue weighted by atomic mass is 9.91. The van der Waals surface area contributed by atoms with Crippen LogP contribution in [0.15, 0.2) is 24.3 Å². The van der Waals surface area contributed by atoms with Crippen molar-refractivity contribution in [3.63, 3.8) is 0 Å². The van der Waals surface area contributed by atoms with E-state index in [1.807, 2.05) is 6.07 Å². The minimum absolute atomic E-state index is 0.161. The molecule has 1 saturated heterocycles. The van der Waals surface area contributed by atoms with Crippen LogP contribution < -0.4 is 0 Å². The van der Waals surface area contributed by atoms with E-state index in [4.69, 9.17) is 0 Å². The molecule has 2 aliphatic rings. The van der Waals surface area contributed by atoms with Gasteiger partial charge in [0.2, 0.25) is 0 Å². The maximum absolute atomic E-state index is 13.3. The van der Waals surface area contributed by atoms with Crippen molar-refractivity contribution in [2.24, 2.45) is 0 Å². The molecule has 1 aliphatic carbocycles. The topological polar surface area (TPSA) is 23.5 Å². The number of benzene rings is 1. The van der Waals surface area contributed by atoms with Crippen LogP contribution in [0.5, 0.6) is 0 Å². The first kappa shape index (κ1) is 14.0. The molecule has 0 bridgehead atoms. The van der Waals surface area contributed by atoms with Crippen molar-refractivity contribution in [2.45, 2.75) is 63.1 Å². The largest absolute Gasteiger partial charge is 0.391 e. The molecule has 0 spiro atoms.